The molecule has 0 amide bonds. The molecule has 0 fully saturated rings. The standard InChI is InChI=1S/C18H15N3O2/c1-10-7-13-14(20-10)5-4-12(18(13)23-2)15-8-11-3-6-17(22)21-16(11)9-19-15/h3-9,20H,1-2H3,(H,21,22). The summed E-state index contributed by atoms with van der Waals surface area (Å²) < 4.78 is 5.64. The average Bonchev–Trinajstić information content (AvgIpc) is 2.93. The minimum Gasteiger partial charge on any atom is -0.495 e. The molecule has 0 saturated heterocycles. The van der Waals surface area contributed by atoms with Gasteiger partial charge in [0, 0.05) is 33.6 Å². The Hall–Kier alpha value is -3.08. The maximum atomic E-state index is 9.46. The topological polar surface area (TPSA) is 71.0 Å². The number of nitrogens with one attached hydrogen (secondary N) is 1. The summed E-state index contributed by atoms with van der Waals surface area (Å²) >= 11 is 0. The van der Waals surface area contributed by atoms with E-state index in [-0.39, 0.29) is 5.88 Å². The van der Waals surface area contributed by atoms with E-state index in [9.17, 15) is 5.11 Å². The largest absolute Gasteiger partial charge is 0.495 e. The van der Waals surface area contributed by atoms with Crippen molar-refractivity contribution in [3.8, 4) is 22.9 Å². The van der Waals surface area contributed by atoms with Gasteiger partial charge in [-0.1, -0.05) is 0 Å². The third-order valence-electron chi connectivity index (χ3n) is 3.93. The molecule has 2 N–H and O–H groups in total. The first-order valence-corrected chi connectivity index (χ1v) is 7.28. The van der Waals surface area contributed by atoms with Gasteiger partial charge in [0.1, 0.15) is 5.75 Å². The summed E-state index contributed by atoms with van der Waals surface area (Å²) in [5.74, 6) is 0.791. The van der Waals surface area contributed by atoms with Crippen molar-refractivity contribution >= 4 is 21.8 Å². The van der Waals surface area contributed by atoms with Crippen LogP contribution in [0.5, 0.6) is 11.6 Å². The van der Waals surface area contributed by atoms with E-state index in [1.807, 2.05) is 31.2 Å². The predicted octanol–water partition coefficient (Wildman–Crippen LogP) is 3.80. The summed E-state index contributed by atoms with van der Waals surface area (Å²) in [5.41, 5.74) is 4.51. The summed E-state index contributed by atoms with van der Waals surface area (Å²) in [6.45, 7) is 2.02. The Labute approximate surface area is 132 Å². The van der Waals surface area contributed by atoms with Crippen LogP contribution in [0.4, 0.5) is 0 Å². The molecule has 4 aromatic rings. The van der Waals surface area contributed by atoms with Crippen LogP contribution in [0, 0.1) is 6.92 Å². The molecule has 114 valence electrons. The van der Waals surface area contributed by atoms with Gasteiger partial charge in [0.2, 0.25) is 5.88 Å². The molecule has 0 saturated carbocycles. The number of rotatable bonds is 2. The van der Waals surface area contributed by atoms with E-state index in [2.05, 4.69) is 21.0 Å². The number of hydrogen-bond acceptors (Lipinski definition) is 4. The zero-order valence-electron chi connectivity index (χ0n) is 12.8. The summed E-state index contributed by atoms with van der Waals surface area (Å²) in [4.78, 5) is 11.8. The second kappa shape index (κ2) is 4.98. The molecule has 5 heteroatoms. The SMILES string of the molecule is COc1c(-c2cc3ccc(O)nc3cn2)ccc2[nH]c(C)cc12. The second-order valence-electron chi connectivity index (χ2n) is 5.49. The first-order chi connectivity index (χ1) is 11.2. The summed E-state index contributed by atoms with van der Waals surface area (Å²) in [6, 6.07) is 11.4. The van der Waals surface area contributed by atoms with Gasteiger partial charge in [0.15, 0.2) is 0 Å². The Morgan fingerprint density at radius 3 is 2.83 bits per heavy atom. The molecule has 3 aromatic heterocycles. The van der Waals surface area contributed by atoms with Gasteiger partial charge < -0.3 is 14.8 Å². The highest BCUT2D eigenvalue weighted by Crippen LogP contribution is 2.37. The van der Waals surface area contributed by atoms with Gasteiger partial charge >= 0.3 is 0 Å². The number of benzene rings is 1. The van der Waals surface area contributed by atoms with Crippen molar-refractivity contribution in [3.63, 3.8) is 0 Å². The third kappa shape index (κ3) is 2.17. The van der Waals surface area contributed by atoms with Crippen LogP contribution in [-0.2, 0) is 0 Å². The van der Waals surface area contributed by atoms with E-state index in [1.165, 1.54) is 0 Å². The number of hydrogen-bond donors (Lipinski definition) is 2. The molecule has 0 aliphatic carbocycles. The molecule has 1 aromatic carbocycles. The van der Waals surface area contributed by atoms with E-state index >= 15 is 0 Å². The lowest BCUT2D eigenvalue weighted by Gasteiger charge is -2.10. The number of nitrogens with zero attached hydrogens (tertiary/aromatic N) is 2. The monoisotopic (exact) mass is 305 g/mol. The Bertz CT molecular complexity index is 1040. The molecule has 0 unspecified atom stereocenters. The van der Waals surface area contributed by atoms with E-state index in [4.69, 9.17) is 4.74 Å². The van der Waals surface area contributed by atoms with Crippen molar-refractivity contribution < 1.29 is 9.84 Å². The number of pyridine rings is 2. The van der Waals surface area contributed by atoms with Crippen LogP contribution in [0.1, 0.15) is 5.69 Å². The number of fused-ring (bicyclic) bond motifs is 2. The molecule has 0 spiro atoms. The van der Waals surface area contributed by atoms with Crippen molar-refractivity contribution in [2.24, 2.45) is 0 Å². The fourth-order valence-corrected chi connectivity index (χ4v) is 2.90. The Morgan fingerprint density at radius 2 is 2.00 bits per heavy atom. The van der Waals surface area contributed by atoms with E-state index in [1.54, 1.807) is 19.4 Å². The van der Waals surface area contributed by atoms with Crippen LogP contribution in [0.25, 0.3) is 33.1 Å². The molecule has 3 heterocycles. The second-order valence-corrected chi connectivity index (χ2v) is 5.49. The van der Waals surface area contributed by atoms with Gasteiger partial charge in [-0.15, -0.1) is 0 Å². The predicted molar refractivity (Wildman–Crippen MR) is 89.8 cm³/mol. The van der Waals surface area contributed by atoms with Crippen LogP contribution >= 0.6 is 0 Å². The van der Waals surface area contributed by atoms with Gasteiger partial charge in [0.05, 0.1) is 24.5 Å². The highest BCUT2D eigenvalue weighted by molar-refractivity contribution is 5.94. The van der Waals surface area contributed by atoms with Crippen LogP contribution < -0.4 is 4.74 Å². The van der Waals surface area contributed by atoms with Gasteiger partial charge in [-0.3, -0.25) is 4.98 Å². The Morgan fingerprint density at radius 1 is 1.13 bits per heavy atom. The van der Waals surface area contributed by atoms with Crippen molar-refractivity contribution in [2.75, 3.05) is 7.11 Å². The van der Waals surface area contributed by atoms with Crippen molar-refractivity contribution in [1.82, 2.24) is 15.0 Å². The number of aromatic nitrogens is 3. The molecule has 0 bridgehead atoms. The lowest BCUT2D eigenvalue weighted by molar-refractivity contribution is 0.421. The van der Waals surface area contributed by atoms with Crippen molar-refractivity contribution in [1.29, 1.82) is 0 Å². The van der Waals surface area contributed by atoms with Gasteiger partial charge in [-0.25, -0.2) is 4.98 Å². The van der Waals surface area contributed by atoms with Crippen LogP contribution in [0.2, 0.25) is 0 Å². The van der Waals surface area contributed by atoms with Crippen LogP contribution in [-0.4, -0.2) is 27.2 Å². The lowest BCUT2D eigenvalue weighted by atomic mass is 10.1. The molecule has 0 atom stereocenters. The van der Waals surface area contributed by atoms with Crippen LogP contribution in [0.3, 0.4) is 0 Å². The smallest absolute Gasteiger partial charge is 0.211 e. The summed E-state index contributed by atoms with van der Waals surface area (Å²) in [6.07, 6.45) is 1.66. The molecule has 0 radical (unpaired) electrons. The highest BCUT2D eigenvalue weighted by Gasteiger charge is 2.13. The average molecular weight is 305 g/mol. The minimum absolute atomic E-state index is 0.00570. The Kier molecular flexibility index (Phi) is 2.94. The van der Waals surface area contributed by atoms with E-state index in [0.29, 0.717) is 5.52 Å². The molecular weight excluding hydrogens is 290 g/mol. The minimum atomic E-state index is -0.00570. The molecule has 0 aliphatic rings. The van der Waals surface area contributed by atoms with Crippen molar-refractivity contribution in [3.05, 3.63) is 48.3 Å². The van der Waals surface area contributed by atoms with E-state index in [0.717, 1.165) is 39.0 Å². The number of ether oxygens (including phenoxy) is 1. The number of H-pyrrole nitrogens is 1. The normalized spacial score (nSPS) is 11.2. The molecule has 23 heavy (non-hydrogen) atoms. The van der Waals surface area contributed by atoms with Gasteiger partial charge in [-0.2, -0.15) is 0 Å². The lowest BCUT2D eigenvalue weighted by Crippen LogP contribution is -1.92. The van der Waals surface area contributed by atoms with Crippen LogP contribution in [0.15, 0.2) is 42.6 Å². The number of aromatic amines is 1. The molecule has 4 rings (SSSR count). The number of aryl methyl sites for hydroxylation is 1. The quantitative estimate of drug-likeness (QED) is 0.591. The van der Waals surface area contributed by atoms with E-state index < -0.39 is 0 Å². The summed E-state index contributed by atoms with van der Waals surface area (Å²) in [7, 11) is 1.67. The fourth-order valence-electron chi connectivity index (χ4n) is 2.90. The van der Waals surface area contributed by atoms with Crippen molar-refractivity contribution in [2.45, 2.75) is 6.92 Å². The zero-order chi connectivity index (χ0) is 16.0. The molecule has 5 nitrogen and oxygen atoms in total. The maximum absolute atomic E-state index is 9.46. The first kappa shape index (κ1) is 13.6. The summed E-state index contributed by atoms with van der Waals surface area (Å²) in [5, 5.41) is 11.4. The van der Waals surface area contributed by atoms with Gasteiger partial charge in [-0.05, 0) is 37.3 Å². The fraction of sp³-hybridized carbons (Fsp3) is 0.111. The third-order valence-corrected chi connectivity index (χ3v) is 3.93. The zero-order valence-corrected chi connectivity index (χ0v) is 12.8. The highest BCUT2D eigenvalue weighted by atomic mass is 16.5. The Balaban J connectivity index is 1.96. The first-order valence-electron chi connectivity index (χ1n) is 7.28. The number of aromatic hydroxyl groups is 1. The van der Waals surface area contributed by atoms with Gasteiger partial charge in [0.25, 0.3) is 0 Å². The molecule has 0 aliphatic heterocycles. The molecular formula is C18H15N3O2. The number of methoxy groups -OCH3 is 1. The maximum Gasteiger partial charge on any atom is 0.211 e.